The summed E-state index contributed by atoms with van der Waals surface area (Å²) < 4.78 is 101. The SMILES string of the molecule is C#CCOc1cc(-n2nc3n(c2=O)CCCC3)c(Cl)cc1Cl.C[S+](C)C.O=C(Nc1nc(OC(F)F)cc(OC(F)F)n1)NS(=O)(=O)c1ccccc1C(=O)O.O=C(O)CNCP(=O)([O-])O. The van der Waals surface area contributed by atoms with Crippen LogP contribution in [0.3, 0.4) is 0 Å². The number of aliphatic carboxylic acids is 1. The number of fused-ring (bicyclic) bond motifs is 1. The Bertz CT molecular complexity index is 2550. The first-order chi connectivity index (χ1) is 30.7. The zero-order valence-corrected chi connectivity index (χ0v) is 38.4. The molecular weight excluding hydrogens is 998 g/mol. The number of ether oxygens (including phenoxy) is 3. The summed E-state index contributed by atoms with van der Waals surface area (Å²) in [6, 6.07) is 6.33. The third kappa shape index (κ3) is 19.8. The Morgan fingerprint density at radius 3 is 2.12 bits per heavy atom. The number of carbonyl (C=O) groups is 3. The third-order valence-electron chi connectivity index (χ3n) is 7.06. The van der Waals surface area contributed by atoms with Crippen LogP contribution in [0.4, 0.5) is 28.3 Å². The van der Waals surface area contributed by atoms with Gasteiger partial charge >= 0.3 is 36.9 Å². The van der Waals surface area contributed by atoms with Gasteiger partial charge in [-0.25, -0.2) is 27.5 Å². The van der Waals surface area contributed by atoms with E-state index >= 15 is 0 Å². The fourth-order valence-electron chi connectivity index (χ4n) is 4.72. The number of amides is 2. The van der Waals surface area contributed by atoms with Crippen LogP contribution in [0.2, 0.25) is 10.0 Å². The molecule has 1 unspecified atom stereocenters. The van der Waals surface area contributed by atoms with Crippen molar-refractivity contribution in [1.29, 1.82) is 0 Å². The van der Waals surface area contributed by atoms with E-state index < -0.39 is 89.8 Å². The monoisotopic (exact) mass is 1040 g/mol. The van der Waals surface area contributed by atoms with Gasteiger partial charge in [-0.3, -0.25) is 20.0 Å². The van der Waals surface area contributed by atoms with Crippen LogP contribution >= 0.6 is 30.8 Å². The van der Waals surface area contributed by atoms with Gasteiger partial charge in [0.2, 0.25) is 17.7 Å². The number of urea groups is 1. The second kappa shape index (κ2) is 26.5. The highest BCUT2D eigenvalue weighted by atomic mass is 35.5. The molecule has 5 rings (SSSR count). The molecule has 0 bridgehead atoms. The molecule has 31 heteroatoms. The Balaban J connectivity index is 0.000000361. The van der Waals surface area contributed by atoms with Gasteiger partial charge in [0.05, 0.1) is 59.0 Å². The Hall–Kier alpha value is -5.66. The van der Waals surface area contributed by atoms with Crippen LogP contribution in [-0.2, 0) is 43.2 Å². The average Bonchev–Trinajstić information content (AvgIpc) is 3.52. The van der Waals surface area contributed by atoms with Gasteiger partial charge in [0.25, 0.3) is 10.0 Å². The van der Waals surface area contributed by atoms with E-state index in [1.165, 1.54) is 27.6 Å². The fraction of sp³-hybridized carbons (Fsp3) is 0.343. The number of rotatable bonds is 15. The van der Waals surface area contributed by atoms with Gasteiger partial charge in [-0.2, -0.15) is 32.2 Å². The van der Waals surface area contributed by atoms with Crippen molar-refractivity contribution >= 4 is 75.6 Å². The molecule has 66 heavy (non-hydrogen) atoms. The Kier molecular flexibility index (Phi) is 22.7. The van der Waals surface area contributed by atoms with Crippen LogP contribution < -0.4 is 40.1 Å². The number of anilines is 1. The Labute approximate surface area is 385 Å². The molecular formula is C35H39Cl2F4N8O14PS2. The van der Waals surface area contributed by atoms with E-state index in [9.17, 15) is 54.6 Å². The molecule has 0 fully saturated rings. The van der Waals surface area contributed by atoms with Crippen LogP contribution in [0, 0.1) is 12.3 Å². The standard InChI is InChI=1S/C15H13Cl2N3O2.C14H10F4N4O7S.C3H8NO5P.C3H9S/c1-2-7-22-13-9-12(10(16)8-11(13)17)20-15(21)19-6-4-3-5-14(19)18-20;15-11(16)28-8-5-9(29-12(17)18)20-13(19-8)21-14(25)22-30(26,27)7-4-2-1-3-6(7)10(23)24;5-3(6)1-4-2-10(7,8)9;1-4(2)3/h1,8-9H,3-7H2;1-5,11-12H,(H,23,24)(H2,19,20,21,22,25);4H,1-2H2,(H,5,6)(H2,7,8,9);1-3H3/q;;;+1/p-1. The Morgan fingerprint density at radius 1 is 1.02 bits per heavy atom. The summed E-state index contributed by atoms with van der Waals surface area (Å²) in [5.74, 6) is -2.12. The lowest BCUT2D eigenvalue weighted by Gasteiger charge is -2.14. The molecule has 0 spiro atoms. The maximum absolute atomic E-state index is 12.5. The van der Waals surface area contributed by atoms with Gasteiger partial charge in [0.1, 0.15) is 30.7 Å². The van der Waals surface area contributed by atoms with Gasteiger partial charge < -0.3 is 38.8 Å². The summed E-state index contributed by atoms with van der Waals surface area (Å²) in [7, 11) is -8.42. The molecule has 0 saturated carbocycles. The predicted molar refractivity (Wildman–Crippen MR) is 229 cm³/mol. The predicted octanol–water partition coefficient (Wildman–Crippen LogP) is 3.24. The maximum atomic E-state index is 12.5. The van der Waals surface area contributed by atoms with E-state index in [4.69, 9.17) is 49.5 Å². The van der Waals surface area contributed by atoms with E-state index in [1.807, 2.05) is 5.32 Å². The molecule has 2 amide bonds. The summed E-state index contributed by atoms with van der Waals surface area (Å²) in [5.41, 5.74) is -0.416. The third-order valence-corrected chi connectivity index (χ3v) is 9.67. The number of terminal acetylenes is 1. The van der Waals surface area contributed by atoms with Crippen LogP contribution in [0.5, 0.6) is 17.5 Å². The van der Waals surface area contributed by atoms with E-state index in [2.05, 4.69) is 49.2 Å². The molecule has 0 saturated heterocycles. The summed E-state index contributed by atoms with van der Waals surface area (Å²) in [6.45, 7) is -6.54. The molecule has 0 radical (unpaired) electrons. The molecule has 22 nitrogen and oxygen atoms in total. The molecule has 0 aliphatic carbocycles. The first kappa shape index (κ1) is 56.5. The first-order valence-electron chi connectivity index (χ1n) is 17.9. The van der Waals surface area contributed by atoms with Gasteiger partial charge in [-0.05, 0) is 41.9 Å². The molecule has 1 aliphatic heterocycles. The van der Waals surface area contributed by atoms with Crippen LogP contribution in [0.1, 0.15) is 29.0 Å². The van der Waals surface area contributed by atoms with E-state index in [0.29, 0.717) is 45.0 Å². The van der Waals surface area contributed by atoms with Crippen molar-refractivity contribution in [2.75, 3.05) is 43.5 Å². The molecule has 1 atom stereocenters. The Morgan fingerprint density at radius 2 is 1.61 bits per heavy atom. The maximum Gasteiger partial charge on any atom is 0.388 e. The number of nitrogens with one attached hydrogen (secondary N) is 3. The lowest BCUT2D eigenvalue weighted by Crippen LogP contribution is -2.35. The van der Waals surface area contributed by atoms with E-state index in [0.717, 1.165) is 37.2 Å². The number of sulfonamides is 1. The fourth-order valence-corrected chi connectivity index (χ4v) is 6.74. The summed E-state index contributed by atoms with van der Waals surface area (Å²) in [5, 5.41) is 25.7. The van der Waals surface area contributed by atoms with Crippen LogP contribution in [-0.4, -0.2) is 117 Å². The lowest BCUT2D eigenvalue weighted by atomic mass is 10.2. The normalized spacial score (nSPS) is 12.6. The number of nitrogens with zero attached hydrogens (tertiary/aromatic N) is 5. The average molecular weight is 1040 g/mol. The van der Waals surface area contributed by atoms with Gasteiger partial charge in [-0.1, -0.05) is 41.3 Å². The lowest BCUT2D eigenvalue weighted by molar-refractivity contribution is -0.193. The number of carbonyl (C=O) groups excluding carboxylic acids is 1. The van der Waals surface area contributed by atoms with Crippen LogP contribution in [0.25, 0.3) is 5.69 Å². The number of aryl methyl sites for hydroxylation is 1. The minimum Gasteiger partial charge on any atom is -0.778 e. The number of hydrogen-bond donors (Lipinski definition) is 6. The van der Waals surface area contributed by atoms with Crippen molar-refractivity contribution in [3.63, 3.8) is 0 Å². The molecule has 362 valence electrons. The molecule has 3 heterocycles. The quantitative estimate of drug-likeness (QED) is 0.0431. The summed E-state index contributed by atoms with van der Waals surface area (Å²) >= 11 is 12.3. The highest BCUT2D eigenvalue weighted by molar-refractivity contribution is 7.94. The number of benzene rings is 2. The van der Waals surface area contributed by atoms with Crippen molar-refractivity contribution in [3.05, 3.63) is 74.4 Å². The first-order valence-corrected chi connectivity index (χ1v) is 24.3. The summed E-state index contributed by atoms with van der Waals surface area (Å²) in [6.07, 6.45) is 13.8. The number of aromatic carboxylic acids is 1. The largest absolute Gasteiger partial charge is 0.778 e. The number of halogens is 6. The number of aromatic nitrogens is 5. The molecule has 6 N–H and O–H groups in total. The van der Waals surface area contributed by atoms with Crippen molar-refractivity contribution in [1.82, 2.24) is 34.4 Å². The van der Waals surface area contributed by atoms with E-state index in [1.54, 1.807) is 16.0 Å². The van der Waals surface area contributed by atoms with E-state index in [-0.39, 0.29) is 12.3 Å². The zero-order chi connectivity index (χ0) is 49.9. The van der Waals surface area contributed by atoms with Crippen molar-refractivity contribution in [2.45, 2.75) is 43.9 Å². The number of carboxylic acid groups (broad SMARTS) is 2. The van der Waals surface area contributed by atoms with Gasteiger partial charge in [0.15, 0.2) is 0 Å². The zero-order valence-electron chi connectivity index (χ0n) is 34.3. The smallest absolute Gasteiger partial charge is 0.388 e. The van der Waals surface area contributed by atoms with Crippen LogP contribution in [0.15, 0.2) is 52.2 Å². The number of hydrogen-bond acceptors (Lipinski definition) is 15. The number of alkyl halides is 4. The molecule has 2 aromatic heterocycles. The van der Waals surface area contributed by atoms with Crippen molar-refractivity contribution in [2.24, 2.45) is 0 Å². The summed E-state index contributed by atoms with van der Waals surface area (Å²) in [4.78, 5) is 69.1. The molecule has 2 aromatic carbocycles. The number of carboxylic acids is 2. The molecule has 1 aliphatic rings. The minimum atomic E-state index is -4.71. The van der Waals surface area contributed by atoms with Gasteiger partial charge in [-0.15, -0.1) is 11.5 Å². The second-order valence-electron chi connectivity index (χ2n) is 12.8. The van der Waals surface area contributed by atoms with Gasteiger partial charge in [0, 0.05) is 19.0 Å². The van der Waals surface area contributed by atoms with Crippen molar-refractivity contribution < 1.29 is 79.1 Å². The topological polar surface area (TPSA) is 316 Å². The van der Waals surface area contributed by atoms with Crippen molar-refractivity contribution in [3.8, 4) is 35.5 Å². The minimum absolute atomic E-state index is 0.0788. The second-order valence-corrected chi connectivity index (χ2v) is 19.3. The highest BCUT2D eigenvalue weighted by Gasteiger charge is 2.25. The highest BCUT2D eigenvalue weighted by Crippen LogP contribution is 2.33. The molecule has 4 aromatic rings.